The Labute approximate surface area is 172 Å². The summed E-state index contributed by atoms with van der Waals surface area (Å²) < 4.78 is 13.0. The van der Waals surface area contributed by atoms with Gasteiger partial charge in [0.25, 0.3) is 11.6 Å². The van der Waals surface area contributed by atoms with Gasteiger partial charge in [-0.05, 0) is 29.7 Å². The molecule has 0 heterocycles. The molecule has 29 heavy (non-hydrogen) atoms. The van der Waals surface area contributed by atoms with Crippen molar-refractivity contribution in [3.05, 3.63) is 74.5 Å². The number of nitro groups is 1. The average Bonchev–Trinajstić information content (AvgIpc) is 2.66. The Morgan fingerprint density at radius 2 is 1.83 bits per heavy atom. The van der Waals surface area contributed by atoms with Gasteiger partial charge in [-0.15, -0.1) is 0 Å². The molecule has 2 aromatic rings. The van der Waals surface area contributed by atoms with Gasteiger partial charge in [-0.1, -0.05) is 37.6 Å². The van der Waals surface area contributed by atoms with Crippen LogP contribution in [0.2, 0.25) is 5.02 Å². The highest BCUT2D eigenvalue weighted by molar-refractivity contribution is 6.34. The zero-order valence-corrected chi connectivity index (χ0v) is 16.9. The summed E-state index contributed by atoms with van der Waals surface area (Å²) in [4.78, 5) is 37.1. The van der Waals surface area contributed by atoms with Gasteiger partial charge in [-0.2, -0.15) is 0 Å². The lowest BCUT2D eigenvalue weighted by molar-refractivity contribution is -0.384. The minimum absolute atomic E-state index is 0.0388. The summed E-state index contributed by atoms with van der Waals surface area (Å²) in [6, 6.07) is 8.46. The average molecular weight is 422 g/mol. The van der Waals surface area contributed by atoms with E-state index in [2.05, 4.69) is 5.32 Å². The van der Waals surface area contributed by atoms with Crippen LogP contribution in [0.1, 0.15) is 29.8 Å². The largest absolute Gasteiger partial charge is 0.340 e. The van der Waals surface area contributed by atoms with Crippen LogP contribution >= 0.6 is 11.6 Å². The first-order valence-corrected chi connectivity index (χ1v) is 9.22. The molecule has 0 saturated carbocycles. The summed E-state index contributed by atoms with van der Waals surface area (Å²) >= 11 is 6.00. The van der Waals surface area contributed by atoms with E-state index >= 15 is 0 Å². The lowest BCUT2D eigenvalue weighted by Crippen LogP contribution is -2.50. The normalized spacial score (nSPS) is 11.8. The molecule has 1 atom stereocenters. The van der Waals surface area contributed by atoms with Crippen molar-refractivity contribution in [1.29, 1.82) is 0 Å². The lowest BCUT2D eigenvalue weighted by atomic mass is 10.0. The Morgan fingerprint density at radius 3 is 2.34 bits per heavy atom. The maximum absolute atomic E-state index is 13.0. The number of rotatable bonds is 7. The molecule has 0 bridgehead atoms. The predicted molar refractivity (Wildman–Crippen MR) is 107 cm³/mol. The SMILES string of the molecule is CC(C)C(NC(=O)c1ccc([N+](=O)[O-])cc1Cl)C(=O)N(C)Cc1ccc(F)cc1. The van der Waals surface area contributed by atoms with Crippen molar-refractivity contribution in [2.45, 2.75) is 26.4 Å². The van der Waals surface area contributed by atoms with E-state index in [0.717, 1.165) is 11.6 Å². The highest BCUT2D eigenvalue weighted by Gasteiger charge is 2.28. The van der Waals surface area contributed by atoms with E-state index in [1.807, 2.05) is 0 Å². The van der Waals surface area contributed by atoms with Crippen LogP contribution in [0.5, 0.6) is 0 Å². The van der Waals surface area contributed by atoms with E-state index in [1.54, 1.807) is 33.0 Å². The lowest BCUT2D eigenvalue weighted by Gasteiger charge is -2.27. The van der Waals surface area contributed by atoms with Crippen LogP contribution < -0.4 is 5.32 Å². The van der Waals surface area contributed by atoms with Crippen molar-refractivity contribution in [3.8, 4) is 0 Å². The molecule has 1 N–H and O–H groups in total. The van der Waals surface area contributed by atoms with E-state index < -0.39 is 16.9 Å². The van der Waals surface area contributed by atoms with Gasteiger partial charge in [-0.3, -0.25) is 19.7 Å². The topological polar surface area (TPSA) is 92.5 Å². The molecule has 2 rings (SSSR count). The highest BCUT2D eigenvalue weighted by atomic mass is 35.5. The molecule has 0 aliphatic carbocycles. The van der Waals surface area contributed by atoms with Gasteiger partial charge < -0.3 is 10.2 Å². The van der Waals surface area contributed by atoms with Gasteiger partial charge in [0.1, 0.15) is 11.9 Å². The van der Waals surface area contributed by atoms with Crippen LogP contribution in [-0.2, 0) is 11.3 Å². The molecule has 0 saturated heterocycles. The van der Waals surface area contributed by atoms with Crippen LogP contribution in [0, 0.1) is 21.8 Å². The molecule has 2 amide bonds. The van der Waals surface area contributed by atoms with Crippen molar-refractivity contribution in [1.82, 2.24) is 10.2 Å². The number of hydrogen-bond donors (Lipinski definition) is 1. The number of carbonyl (C=O) groups excluding carboxylic acids is 2. The second-order valence-corrected chi connectivity index (χ2v) is 7.34. The monoisotopic (exact) mass is 421 g/mol. The number of hydrogen-bond acceptors (Lipinski definition) is 4. The van der Waals surface area contributed by atoms with Crippen molar-refractivity contribution in [2.75, 3.05) is 7.05 Å². The van der Waals surface area contributed by atoms with E-state index in [4.69, 9.17) is 11.6 Å². The fourth-order valence-electron chi connectivity index (χ4n) is 2.71. The summed E-state index contributed by atoms with van der Waals surface area (Å²) in [5.74, 6) is -1.52. The maximum Gasteiger partial charge on any atom is 0.270 e. The molecular formula is C20H21ClFN3O4. The third kappa shape index (κ3) is 5.74. The number of amides is 2. The number of benzene rings is 2. The van der Waals surface area contributed by atoms with E-state index in [1.165, 1.54) is 29.2 Å². The molecule has 2 aromatic carbocycles. The molecule has 0 aromatic heterocycles. The van der Waals surface area contributed by atoms with Crippen molar-refractivity contribution < 1.29 is 18.9 Å². The fourth-order valence-corrected chi connectivity index (χ4v) is 2.97. The van der Waals surface area contributed by atoms with E-state index in [9.17, 15) is 24.1 Å². The second-order valence-electron chi connectivity index (χ2n) is 6.94. The quantitative estimate of drug-likeness (QED) is 0.543. The number of nitrogens with zero attached hydrogens (tertiary/aromatic N) is 2. The first-order valence-electron chi connectivity index (χ1n) is 8.84. The number of halogens is 2. The smallest absolute Gasteiger partial charge is 0.270 e. The van der Waals surface area contributed by atoms with Crippen LogP contribution in [0.4, 0.5) is 10.1 Å². The molecule has 0 radical (unpaired) electrons. The summed E-state index contributed by atoms with van der Waals surface area (Å²) in [5.41, 5.74) is 0.550. The van der Waals surface area contributed by atoms with Crippen molar-refractivity contribution in [3.63, 3.8) is 0 Å². The molecule has 1 unspecified atom stereocenters. The molecule has 0 fully saturated rings. The summed E-state index contributed by atoms with van der Waals surface area (Å²) in [6.07, 6.45) is 0. The van der Waals surface area contributed by atoms with Gasteiger partial charge in [0, 0.05) is 25.7 Å². The molecule has 9 heteroatoms. The van der Waals surface area contributed by atoms with Crippen LogP contribution in [0.3, 0.4) is 0 Å². The third-order valence-electron chi connectivity index (χ3n) is 4.34. The fraction of sp³-hybridized carbons (Fsp3) is 0.300. The summed E-state index contributed by atoms with van der Waals surface area (Å²) in [7, 11) is 1.59. The van der Waals surface area contributed by atoms with Gasteiger partial charge in [0.15, 0.2) is 0 Å². The number of non-ortho nitro benzene ring substituents is 1. The zero-order chi connectivity index (χ0) is 21.7. The van der Waals surface area contributed by atoms with Crippen molar-refractivity contribution >= 4 is 29.1 Å². The number of nitrogens with one attached hydrogen (secondary N) is 1. The van der Waals surface area contributed by atoms with Crippen LogP contribution in [-0.4, -0.2) is 34.7 Å². The minimum atomic E-state index is -0.834. The number of carbonyl (C=O) groups is 2. The van der Waals surface area contributed by atoms with E-state index in [0.29, 0.717) is 0 Å². The zero-order valence-electron chi connectivity index (χ0n) is 16.2. The molecule has 0 aliphatic rings. The van der Waals surface area contributed by atoms with Gasteiger partial charge in [-0.25, -0.2) is 4.39 Å². The Bertz CT molecular complexity index is 918. The number of likely N-dealkylation sites (N-methyl/N-ethyl adjacent to an activating group) is 1. The summed E-state index contributed by atoms with van der Waals surface area (Å²) in [5, 5.41) is 13.4. The van der Waals surface area contributed by atoms with Gasteiger partial charge in [0.05, 0.1) is 15.5 Å². The first-order chi connectivity index (χ1) is 13.6. The Morgan fingerprint density at radius 1 is 1.21 bits per heavy atom. The van der Waals surface area contributed by atoms with Gasteiger partial charge >= 0.3 is 0 Å². The predicted octanol–water partition coefficient (Wildman–Crippen LogP) is 3.80. The Balaban J connectivity index is 2.14. The van der Waals surface area contributed by atoms with Crippen LogP contribution in [0.15, 0.2) is 42.5 Å². The van der Waals surface area contributed by atoms with Crippen molar-refractivity contribution in [2.24, 2.45) is 5.92 Å². The second kappa shape index (κ2) is 9.47. The maximum atomic E-state index is 13.0. The molecular weight excluding hydrogens is 401 g/mol. The third-order valence-corrected chi connectivity index (χ3v) is 4.65. The van der Waals surface area contributed by atoms with E-state index in [-0.39, 0.29) is 40.5 Å². The minimum Gasteiger partial charge on any atom is -0.340 e. The molecule has 0 aliphatic heterocycles. The Hall–Kier alpha value is -3.00. The van der Waals surface area contributed by atoms with Gasteiger partial charge in [0.2, 0.25) is 5.91 Å². The summed E-state index contributed by atoms with van der Waals surface area (Å²) in [6.45, 7) is 3.81. The molecule has 7 nitrogen and oxygen atoms in total. The molecule has 0 spiro atoms. The van der Waals surface area contributed by atoms with Crippen LogP contribution in [0.25, 0.3) is 0 Å². The molecule has 154 valence electrons. The highest BCUT2D eigenvalue weighted by Crippen LogP contribution is 2.23. The first kappa shape index (κ1) is 22.3. The standard InChI is InChI=1S/C20H21ClFN3O4/c1-12(2)18(20(27)24(3)11-13-4-6-14(22)7-5-13)23-19(26)16-9-8-15(25(28)29)10-17(16)21/h4-10,12,18H,11H2,1-3H3,(H,23,26). The Kier molecular flexibility index (Phi) is 7.28. The number of nitro benzene ring substituents is 1.